The molecule has 4 heteroatoms. The van der Waals surface area contributed by atoms with Gasteiger partial charge in [-0.15, -0.1) is 0 Å². The zero-order chi connectivity index (χ0) is 12.7. The van der Waals surface area contributed by atoms with Gasteiger partial charge in [-0.3, -0.25) is 0 Å². The highest BCUT2D eigenvalue weighted by Gasteiger charge is 2.09. The van der Waals surface area contributed by atoms with E-state index in [1.807, 2.05) is 19.1 Å². The Bertz CT molecular complexity index is 356. The van der Waals surface area contributed by atoms with E-state index in [2.05, 4.69) is 12.2 Å². The minimum absolute atomic E-state index is 0.597. The molecule has 0 aliphatic carbocycles. The summed E-state index contributed by atoms with van der Waals surface area (Å²) in [6.45, 7) is 6.39. The summed E-state index contributed by atoms with van der Waals surface area (Å²) in [6.07, 6.45) is 1.10. The lowest BCUT2D eigenvalue weighted by Crippen LogP contribution is -2.14. The number of halogens is 1. The zero-order valence-electron chi connectivity index (χ0n) is 10.7. The molecule has 1 N–H and O–H groups in total. The van der Waals surface area contributed by atoms with Gasteiger partial charge in [0, 0.05) is 17.6 Å². The van der Waals surface area contributed by atoms with Gasteiger partial charge in [0.25, 0.3) is 0 Å². The summed E-state index contributed by atoms with van der Waals surface area (Å²) >= 11 is 6.20. The van der Waals surface area contributed by atoms with Gasteiger partial charge in [0.2, 0.25) is 0 Å². The quantitative estimate of drug-likeness (QED) is 0.761. The van der Waals surface area contributed by atoms with E-state index in [-0.39, 0.29) is 0 Å². The van der Waals surface area contributed by atoms with Crippen molar-refractivity contribution in [3.63, 3.8) is 0 Å². The maximum atomic E-state index is 6.20. The predicted octanol–water partition coefficient (Wildman–Crippen LogP) is 3.25. The molecule has 0 bridgehead atoms. The zero-order valence-corrected chi connectivity index (χ0v) is 11.4. The van der Waals surface area contributed by atoms with Gasteiger partial charge in [-0.1, -0.05) is 18.5 Å². The largest absolute Gasteiger partial charge is 0.493 e. The second-order valence-corrected chi connectivity index (χ2v) is 4.11. The van der Waals surface area contributed by atoms with Gasteiger partial charge >= 0.3 is 0 Å². The molecule has 0 unspecified atom stereocenters. The first-order valence-electron chi connectivity index (χ1n) is 5.92. The van der Waals surface area contributed by atoms with Crippen LogP contribution in [0.4, 0.5) is 0 Å². The molecule has 0 spiro atoms. The Morgan fingerprint density at radius 3 is 2.59 bits per heavy atom. The topological polar surface area (TPSA) is 30.5 Å². The van der Waals surface area contributed by atoms with Crippen LogP contribution < -0.4 is 14.8 Å². The van der Waals surface area contributed by atoms with Crippen molar-refractivity contribution in [1.29, 1.82) is 0 Å². The second kappa shape index (κ2) is 7.41. The maximum Gasteiger partial charge on any atom is 0.162 e. The number of methoxy groups -OCH3 is 1. The average Bonchev–Trinajstić information content (AvgIpc) is 2.32. The van der Waals surface area contributed by atoms with Gasteiger partial charge in [-0.2, -0.15) is 0 Å². The first kappa shape index (κ1) is 14.1. The highest BCUT2D eigenvalue weighted by Crippen LogP contribution is 2.33. The van der Waals surface area contributed by atoms with Crippen LogP contribution >= 0.6 is 11.6 Å². The molecule has 0 aliphatic rings. The van der Waals surface area contributed by atoms with Crippen molar-refractivity contribution in [2.45, 2.75) is 26.8 Å². The SMILES string of the molecule is CCCNCc1cc(OC)c(OCC)cc1Cl. The number of nitrogens with one attached hydrogen (secondary N) is 1. The van der Waals surface area contributed by atoms with E-state index in [4.69, 9.17) is 21.1 Å². The van der Waals surface area contributed by atoms with Crippen LogP contribution in [0.1, 0.15) is 25.8 Å². The van der Waals surface area contributed by atoms with Crippen LogP contribution in [0.25, 0.3) is 0 Å². The van der Waals surface area contributed by atoms with E-state index in [1.165, 1.54) is 0 Å². The van der Waals surface area contributed by atoms with Gasteiger partial charge in [0.05, 0.1) is 13.7 Å². The highest BCUT2D eigenvalue weighted by atomic mass is 35.5. The van der Waals surface area contributed by atoms with Crippen molar-refractivity contribution in [3.05, 3.63) is 22.7 Å². The minimum atomic E-state index is 0.597. The Labute approximate surface area is 108 Å². The van der Waals surface area contributed by atoms with E-state index in [0.717, 1.165) is 30.8 Å². The summed E-state index contributed by atoms with van der Waals surface area (Å²) in [5, 5.41) is 4.02. The molecule has 0 radical (unpaired) electrons. The Morgan fingerprint density at radius 1 is 1.24 bits per heavy atom. The van der Waals surface area contributed by atoms with Crippen LogP contribution in [0.2, 0.25) is 5.02 Å². The van der Waals surface area contributed by atoms with E-state index in [9.17, 15) is 0 Å². The lowest BCUT2D eigenvalue weighted by Gasteiger charge is -2.13. The van der Waals surface area contributed by atoms with Crippen molar-refractivity contribution < 1.29 is 9.47 Å². The van der Waals surface area contributed by atoms with Gasteiger partial charge in [-0.25, -0.2) is 0 Å². The third kappa shape index (κ3) is 4.10. The molecule has 0 amide bonds. The fourth-order valence-electron chi connectivity index (χ4n) is 1.54. The summed E-state index contributed by atoms with van der Waals surface area (Å²) in [5.74, 6) is 1.42. The van der Waals surface area contributed by atoms with E-state index >= 15 is 0 Å². The lowest BCUT2D eigenvalue weighted by atomic mass is 10.2. The van der Waals surface area contributed by atoms with Crippen LogP contribution in [0.15, 0.2) is 12.1 Å². The third-order valence-electron chi connectivity index (χ3n) is 2.37. The van der Waals surface area contributed by atoms with Gasteiger partial charge in [0.15, 0.2) is 11.5 Å². The Hall–Kier alpha value is -0.930. The normalized spacial score (nSPS) is 10.4. The van der Waals surface area contributed by atoms with Gasteiger partial charge in [0.1, 0.15) is 0 Å². The Balaban J connectivity index is 2.84. The first-order valence-corrected chi connectivity index (χ1v) is 6.30. The number of hydrogen-bond donors (Lipinski definition) is 1. The number of rotatable bonds is 7. The number of benzene rings is 1. The smallest absolute Gasteiger partial charge is 0.162 e. The first-order chi connectivity index (χ1) is 8.22. The van der Waals surface area contributed by atoms with Gasteiger partial charge in [-0.05, 0) is 31.5 Å². The molecule has 0 saturated heterocycles. The molecule has 0 aromatic heterocycles. The standard InChI is InChI=1S/C13H20ClNO2/c1-4-6-15-9-10-7-12(16-3)13(17-5-2)8-11(10)14/h7-8,15H,4-6,9H2,1-3H3. The molecule has 1 rings (SSSR count). The van der Waals surface area contributed by atoms with E-state index < -0.39 is 0 Å². The molecule has 3 nitrogen and oxygen atoms in total. The van der Waals surface area contributed by atoms with Crippen molar-refractivity contribution in [1.82, 2.24) is 5.32 Å². The molecule has 0 fully saturated rings. The molecular weight excluding hydrogens is 238 g/mol. The number of ether oxygens (including phenoxy) is 2. The Kier molecular flexibility index (Phi) is 6.16. The van der Waals surface area contributed by atoms with E-state index in [1.54, 1.807) is 7.11 Å². The third-order valence-corrected chi connectivity index (χ3v) is 2.73. The van der Waals surface area contributed by atoms with Crippen LogP contribution in [-0.2, 0) is 6.54 Å². The average molecular weight is 258 g/mol. The van der Waals surface area contributed by atoms with Crippen molar-refractivity contribution in [2.24, 2.45) is 0 Å². The lowest BCUT2D eigenvalue weighted by molar-refractivity contribution is 0.310. The second-order valence-electron chi connectivity index (χ2n) is 3.70. The number of hydrogen-bond acceptors (Lipinski definition) is 3. The molecular formula is C13H20ClNO2. The van der Waals surface area contributed by atoms with E-state index in [0.29, 0.717) is 17.4 Å². The van der Waals surface area contributed by atoms with Crippen LogP contribution in [0.5, 0.6) is 11.5 Å². The molecule has 0 heterocycles. The molecule has 17 heavy (non-hydrogen) atoms. The fraction of sp³-hybridized carbons (Fsp3) is 0.538. The predicted molar refractivity (Wildman–Crippen MR) is 71.2 cm³/mol. The fourth-order valence-corrected chi connectivity index (χ4v) is 1.76. The summed E-state index contributed by atoms with van der Waals surface area (Å²) in [4.78, 5) is 0. The summed E-state index contributed by atoms with van der Waals surface area (Å²) < 4.78 is 10.7. The molecule has 0 saturated carbocycles. The highest BCUT2D eigenvalue weighted by molar-refractivity contribution is 6.31. The summed E-state index contributed by atoms with van der Waals surface area (Å²) in [6, 6.07) is 3.74. The van der Waals surface area contributed by atoms with Crippen LogP contribution in [0.3, 0.4) is 0 Å². The maximum absolute atomic E-state index is 6.20. The molecule has 0 atom stereocenters. The monoisotopic (exact) mass is 257 g/mol. The molecule has 1 aromatic carbocycles. The minimum Gasteiger partial charge on any atom is -0.493 e. The molecule has 96 valence electrons. The van der Waals surface area contributed by atoms with Crippen molar-refractivity contribution in [3.8, 4) is 11.5 Å². The van der Waals surface area contributed by atoms with Crippen molar-refractivity contribution >= 4 is 11.6 Å². The van der Waals surface area contributed by atoms with Crippen molar-refractivity contribution in [2.75, 3.05) is 20.3 Å². The molecule has 0 aliphatic heterocycles. The Morgan fingerprint density at radius 2 is 2.00 bits per heavy atom. The molecule has 1 aromatic rings. The van der Waals surface area contributed by atoms with Crippen LogP contribution in [0, 0.1) is 0 Å². The van der Waals surface area contributed by atoms with Crippen LogP contribution in [-0.4, -0.2) is 20.3 Å². The summed E-state index contributed by atoms with van der Waals surface area (Å²) in [7, 11) is 1.63. The summed E-state index contributed by atoms with van der Waals surface area (Å²) in [5.41, 5.74) is 1.03. The van der Waals surface area contributed by atoms with Gasteiger partial charge < -0.3 is 14.8 Å².